The molecule has 3 N–H and O–H groups in total. The second-order valence-corrected chi connectivity index (χ2v) is 9.69. The zero-order valence-corrected chi connectivity index (χ0v) is 18.5. The summed E-state index contributed by atoms with van der Waals surface area (Å²) in [5.74, 6) is -0.144. The predicted molar refractivity (Wildman–Crippen MR) is 121 cm³/mol. The number of hydrogen-bond donors (Lipinski definition) is 2. The summed E-state index contributed by atoms with van der Waals surface area (Å²) in [4.78, 5) is 25.8. The average Bonchev–Trinajstić information content (AvgIpc) is 3.04. The molecular weight excluding hydrogens is 380 g/mol. The fourth-order valence-corrected chi connectivity index (χ4v) is 5.23. The molecule has 1 atom stereocenters. The number of amides is 2. The Balaban J connectivity index is 1.80. The Hall–Kier alpha value is -2.40. The smallest absolute Gasteiger partial charge is 0.251 e. The summed E-state index contributed by atoms with van der Waals surface area (Å²) < 4.78 is 0. The molecule has 0 spiro atoms. The van der Waals surface area contributed by atoms with Gasteiger partial charge in [-0.1, -0.05) is 57.0 Å². The lowest BCUT2D eigenvalue weighted by Gasteiger charge is -2.36. The maximum Gasteiger partial charge on any atom is 0.251 e. The van der Waals surface area contributed by atoms with Crippen molar-refractivity contribution in [3.05, 3.63) is 57.5 Å². The Bertz CT molecular complexity index is 939. The minimum absolute atomic E-state index is 0.253. The van der Waals surface area contributed by atoms with Crippen molar-refractivity contribution in [1.29, 1.82) is 0 Å². The first kappa shape index (κ1) is 21.3. The summed E-state index contributed by atoms with van der Waals surface area (Å²) >= 11 is 1.51. The molecule has 5 heteroatoms. The van der Waals surface area contributed by atoms with E-state index in [1.807, 2.05) is 31.2 Å². The van der Waals surface area contributed by atoms with E-state index in [0.29, 0.717) is 16.5 Å². The van der Waals surface area contributed by atoms with Gasteiger partial charge in [0.25, 0.3) is 5.91 Å². The van der Waals surface area contributed by atoms with Gasteiger partial charge in [0.1, 0.15) is 5.00 Å². The van der Waals surface area contributed by atoms with Crippen molar-refractivity contribution in [3.63, 3.8) is 0 Å². The number of thiophene rings is 1. The van der Waals surface area contributed by atoms with Crippen molar-refractivity contribution in [3.8, 4) is 0 Å². The number of carbonyl (C=O) groups is 2. The molecule has 4 nitrogen and oxygen atoms in total. The molecule has 0 saturated carbocycles. The molecule has 1 aliphatic rings. The first-order valence-corrected chi connectivity index (χ1v) is 11.0. The van der Waals surface area contributed by atoms with E-state index in [2.05, 4.69) is 26.1 Å². The minimum Gasteiger partial charge on any atom is -0.365 e. The molecule has 0 fully saturated rings. The van der Waals surface area contributed by atoms with Gasteiger partial charge in [-0.3, -0.25) is 9.59 Å². The number of rotatable bonds is 6. The van der Waals surface area contributed by atoms with Crippen LogP contribution >= 0.6 is 11.3 Å². The van der Waals surface area contributed by atoms with Crippen LogP contribution in [0.4, 0.5) is 5.00 Å². The minimum atomic E-state index is -0.464. The molecule has 3 rings (SSSR count). The van der Waals surface area contributed by atoms with Crippen LogP contribution < -0.4 is 11.1 Å². The molecule has 1 aliphatic carbocycles. The topological polar surface area (TPSA) is 72.2 Å². The summed E-state index contributed by atoms with van der Waals surface area (Å²) in [6.45, 7) is 8.87. The van der Waals surface area contributed by atoms with Gasteiger partial charge in [0.05, 0.1) is 5.56 Å². The van der Waals surface area contributed by atoms with Gasteiger partial charge in [0.2, 0.25) is 5.91 Å². The highest BCUT2D eigenvalue weighted by Gasteiger charge is 2.34. The van der Waals surface area contributed by atoms with Gasteiger partial charge in [-0.05, 0) is 54.7 Å². The molecule has 154 valence electrons. The van der Waals surface area contributed by atoms with Crippen molar-refractivity contribution in [2.75, 3.05) is 5.32 Å². The van der Waals surface area contributed by atoms with Crippen LogP contribution in [-0.4, -0.2) is 11.8 Å². The van der Waals surface area contributed by atoms with Crippen LogP contribution in [-0.2, 0) is 17.6 Å². The van der Waals surface area contributed by atoms with E-state index in [9.17, 15) is 9.59 Å². The van der Waals surface area contributed by atoms with Crippen LogP contribution in [0, 0.1) is 18.3 Å². The van der Waals surface area contributed by atoms with Crippen LogP contribution in [0.3, 0.4) is 0 Å². The molecular formula is C24H30N2O2S. The molecule has 0 saturated heterocycles. The number of carbonyl (C=O) groups excluding carboxylic acids is 2. The highest BCUT2D eigenvalue weighted by Crippen LogP contribution is 2.45. The van der Waals surface area contributed by atoms with Gasteiger partial charge in [-0.2, -0.15) is 0 Å². The van der Waals surface area contributed by atoms with E-state index in [1.54, 1.807) is 6.08 Å². The normalized spacial score (nSPS) is 16.6. The standard InChI is InChI=1S/C24H30N2O2S/c1-5-24(3,4)17-11-12-18-19(14-17)29-23(21(18)22(25)28)26-20(27)13-10-16-8-6-15(2)7-9-16/h6-10,13,17H,5,11-12,14H2,1-4H3,(H2,25,28)(H,26,27)/b13-10+. The van der Waals surface area contributed by atoms with Gasteiger partial charge in [0.15, 0.2) is 0 Å². The first-order valence-electron chi connectivity index (χ1n) is 10.2. The van der Waals surface area contributed by atoms with E-state index >= 15 is 0 Å². The second-order valence-electron chi connectivity index (χ2n) is 8.59. The number of anilines is 1. The SMILES string of the molecule is CCC(C)(C)C1CCc2c(sc(NC(=O)/C=C/c3ccc(C)cc3)c2C(N)=O)C1. The van der Waals surface area contributed by atoms with E-state index < -0.39 is 5.91 Å². The molecule has 1 aromatic heterocycles. The molecule has 1 aromatic carbocycles. The van der Waals surface area contributed by atoms with Gasteiger partial charge in [-0.25, -0.2) is 0 Å². The fourth-order valence-electron chi connectivity index (χ4n) is 3.89. The third-order valence-corrected chi connectivity index (χ3v) is 7.44. The Morgan fingerprint density at radius 1 is 1.28 bits per heavy atom. The number of nitrogens with two attached hydrogens (primary N) is 1. The fraction of sp³-hybridized carbons (Fsp3) is 0.417. The van der Waals surface area contributed by atoms with Crippen molar-refractivity contribution in [2.45, 2.75) is 53.4 Å². The molecule has 0 aliphatic heterocycles. The van der Waals surface area contributed by atoms with Crippen molar-refractivity contribution < 1.29 is 9.59 Å². The lowest BCUT2D eigenvalue weighted by Crippen LogP contribution is -2.29. The van der Waals surface area contributed by atoms with Gasteiger partial charge in [0, 0.05) is 11.0 Å². The number of fused-ring (bicyclic) bond motifs is 1. The third kappa shape index (κ3) is 4.78. The molecule has 1 unspecified atom stereocenters. The summed E-state index contributed by atoms with van der Waals surface area (Å²) in [5.41, 5.74) is 9.60. The van der Waals surface area contributed by atoms with E-state index in [0.717, 1.165) is 36.8 Å². The van der Waals surface area contributed by atoms with Gasteiger partial charge in [-0.15, -0.1) is 11.3 Å². The predicted octanol–water partition coefficient (Wildman–Crippen LogP) is 5.35. The Kier molecular flexibility index (Phi) is 6.27. The number of benzene rings is 1. The lowest BCUT2D eigenvalue weighted by atomic mass is 9.69. The summed E-state index contributed by atoms with van der Waals surface area (Å²) in [7, 11) is 0. The average molecular weight is 411 g/mol. The quantitative estimate of drug-likeness (QED) is 0.630. The Morgan fingerprint density at radius 3 is 2.59 bits per heavy atom. The van der Waals surface area contributed by atoms with E-state index in [-0.39, 0.29) is 11.3 Å². The van der Waals surface area contributed by atoms with Crippen LogP contribution in [0.2, 0.25) is 0 Å². The number of aryl methyl sites for hydroxylation is 1. The van der Waals surface area contributed by atoms with Gasteiger partial charge >= 0.3 is 0 Å². The first-order chi connectivity index (χ1) is 13.7. The van der Waals surface area contributed by atoms with Crippen molar-refractivity contribution >= 4 is 34.2 Å². The second kappa shape index (κ2) is 8.54. The van der Waals surface area contributed by atoms with Crippen LogP contribution in [0.15, 0.2) is 30.3 Å². The third-order valence-electron chi connectivity index (χ3n) is 6.27. The highest BCUT2D eigenvalue weighted by atomic mass is 32.1. The molecule has 2 aromatic rings. The van der Waals surface area contributed by atoms with Crippen LogP contribution in [0.25, 0.3) is 6.08 Å². The number of hydrogen-bond acceptors (Lipinski definition) is 3. The molecule has 0 radical (unpaired) electrons. The van der Waals surface area contributed by atoms with E-state index in [1.165, 1.54) is 27.9 Å². The van der Waals surface area contributed by atoms with Crippen LogP contribution in [0.5, 0.6) is 0 Å². The largest absolute Gasteiger partial charge is 0.365 e. The van der Waals surface area contributed by atoms with E-state index in [4.69, 9.17) is 5.73 Å². The summed E-state index contributed by atoms with van der Waals surface area (Å²) in [6, 6.07) is 7.94. The zero-order valence-electron chi connectivity index (χ0n) is 17.7. The van der Waals surface area contributed by atoms with Crippen LogP contribution in [0.1, 0.15) is 65.5 Å². The number of primary amides is 1. The lowest BCUT2D eigenvalue weighted by molar-refractivity contribution is -0.111. The monoisotopic (exact) mass is 410 g/mol. The maximum absolute atomic E-state index is 12.5. The molecule has 0 bridgehead atoms. The maximum atomic E-state index is 12.5. The Morgan fingerprint density at radius 2 is 1.97 bits per heavy atom. The summed E-state index contributed by atoms with van der Waals surface area (Å²) in [6.07, 6.45) is 7.21. The van der Waals surface area contributed by atoms with Crippen molar-refractivity contribution in [1.82, 2.24) is 0 Å². The van der Waals surface area contributed by atoms with Crippen molar-refractivity contribution in [2.24, 2.45) is 17.1 Å². The zero-order chi connectivity index (χ0) is 21.2. The highest BCUT2D eigenvalue weighted by molar-refractivity contribution is 7.17. The Labute approximate surface area is 177 Å². The number of nitrogens with one attached hydrogen (secondary N) is 1. The molecule has 2 amide bonds. The van der Waals surface area contributed by atoms with Gasteiger partial charge < -0.3 is 11.1 Å². The molecule has 29 heavy (non-hydrogen) atoms. The summed E-state index contributed by atoms with van der Waals surface area (Å²) in [5, 5.41) is 3.47. The molecule has 1 heterocycles.